The largest absolute Gasteiger partial charge is 0.497 e. The Morgan fingerprint density at radius 1 is 0.750 bits per heavy atom. The van der Waals surface area contributed by atoms with Crippen molar-refractivity contribution in [2.75, 3.05) is 14.2 Å². The quantitative estimate of drug-likeness (QED) is 0.497. The fraction of sp³-hybridized carbons (Fsp3) is 0.125. The highest BCUT2D eigenvalue weighted by Crippen LogP contribution is 2.14. The van der Waals surface area contributed by atoms with Gasteiger partial charge in [0.1, 0.15) is 11.5 Å². The molecule has 0 bridgehead atoms. The van der Waals surface area contributed by atoms with Crippen LogP contribution in [0.3, 0.4) is 0 Å². The van der Waals surface area contributed by atoms with Gasteiger partial charge in [0.2, 0.25) is 0 Å². The van der Waals surface area contributed by atoms with Gasteiger partial charge < -0.3 is 9.47 Å². The number of ether oxygens (including phenoxy) is 2. The molecule has 0 saturated carbocycles. The van der Waals surface area contributed by atoms with Gasteiger partial charge >= 0.3 is 11.4 Å². The Bertz CT molecular complexity index is 1070. The summed E-state index contributed by atoms with van der Waals surface area (Å²) in [5, 5.41) is 18.4. The highest BCUT2D eigenvalue weighted by atomic mass is 16.5. The molecule has 12 heteroatoms. The van der Waals surface area contributed by atoms with E-state index in [9.17, 15) is 9.59 Å². The molecule has 0 saturated heterocycles. The Balaban J connectivity index is 0.000000161. The van der Waals surface area contributed by atoms with Gasteiger partial charge in [-0.05, 0) is 45.1 Å². The van der Waals surface area contributed by atoms with E-state index in [4.69, 9.17) is 9.47 Å². The fourth-order valence-electron chi connectivity index (χ4n) is 2.22. The second-order valence-electron chi connectivity index (χ2n) is 5.24. The molecule has 4 aromatic rings. The first-order valence-corrected chi connectivity index (χ1v) is 7.92. The van der Waals surface area contributed by atoms with Crippen LogP contribution in [0.5, 0.6) is 11.5 Å². The van der Waals surface area contributed by atoms with Crippen LogP contribution in [0, 0.1) is 0 Å². The zero-order valence-corrected chi connectivity index (χ0v) is 14.9. The third-order valence-corrected chi connectivity index (χ3v) is 3.54. The third-order valence-electron chi connectivity index (χ3n) is 3.54. The monoisotopic (exact) mass is 384 g/mol. The van der Waals surface area contributed by atoms with Crippen LogP contribution in [0.2, 0.25) is 0 Å². The maximum atomic E-state index is 11.2. The van der Waals surface area contributed by atoms with Gasteiger partial charge in [-0.3, -0.25) is 0 Å². The van der Waals surface area contributed by atoms with Gasteiger partial charge in [-0.25, -0.2) is 19.8 Å². The van der Waals surface area contributed by atoms with Gasteiger partial charge in [-0.2, -0.15) is 9.36 Å². The second-order valence-corrected chi connectivity index (χ2v) is 5.24. The normalized spacial score (nSPS) is 10.1. The number of aromatic nitrogens is 8. The Hall–Kier alpha value is -4.22. The van der Waals surface area contributed by atoms with Gasteiger partial charge in [-0.15, -0.1) is 0 Å². The van der Waals surface area contributed by atoms with E-state index in [1.807, 2.05) is 0 Å². The molecule has 2 aromatic heterocycles. The number of nitrogens with one attached hydrogen (secondary N) is 2. The van der Waals surface area contributed by atoms with Crippen molar-refractivity contribution in [1.82, 2.24) is 40.4 Å². The summed E-state index contributed by atoms with van der Waals surface area (Å²) < 4.78 is 12.3. The van der Waals surface area contributed by atoms with Crippen molar-refractivity contribution in [1.29, 1.82) is 0 Å². The lowest BCUT2D eigenvalue weighted by Gasteiger charge is -2.01. The van der Waals surface area contributed by atoms with Crippen LogP contribution < -0.4 is 20.9 Å². The van der Waals surface area contributed by atoms with E-state index >= 15 is 0 Å². The van der Waals surface area contributed by atoms with E-state index < -0.39 is 0 Å². The van der Waals surface area contributed by atoms with Crippen molar-refractivity contribution in [3.8, 4) is 22.9 Å². The zero-order valence-electron chi connectivity index (χ0n) is 14.9. The first-order chi connectivity index (χ1) is 13.6. The summed E-state index contributed by atoms with van der Waals surface area (Å²) in [5.74, 6) is 1.33. The number of hydrogen-bond donors (Lipinski definition) is 2. The SMILES string of the molecule is COc1cccc(-n2nn[nH]c2=O)c1.COc1cccc(-n2nn[nH]c2=O)c1. The minimum absolute atomic E-state index is 0.377. The summed E-state index contributed by atoms with van der Waals surface area (Å²) in [5.41, 5.74) is 0.475. The van der Waals surface area contributed by atoms with Crippen LogP contribution in [0.1, 0.15) is 0 Å². The molecule has 0 aliphatic rings. The number of nitrogens with zero attached hydrogens (tertiary/aromatic N) is 6. The molecule has 0 amide bonds. The molecule has 2 aromatic carbocycles. The fourth-order valence-corrected chi connectivity index (χ4v) is 2.22. The predicted octanol–water partition coefficient (Wildman–Crippen LogP) is -0.0716. The van der Waals surface area contributed by atoms with Crippen molar-refractivity contribution < 1.29 is 9.47 Å². The van der Waals surface area contributed by atoms with E-state index in [0.29, 0.717) is 22.9 Å². The zero-order chi connectivity index (χ0) is 19.9. The third kappa shape index (κ3) is 4.12. The minimum atomic E-state index is -0.377. The average Bonchev–Trinajstić information content (AvgIpc) is 3.36. The maximum Gasteiger partial charge on any atom is 0.365 e. The molecule has 0 fully saturated rings. The van der Waals surface area contributed by atoms with Crippen molar-refractivity contribution in [3.05, 3.63) is 69.5 Å². The smallest absolute Gasteiger partial charge is 0.365 e. The summed E-state index contributed by atoms with van der Waals surface area (Å²) in [6, 6.07) is 14.0. The number of H-pyrrole nitrogens is 2. The number of tetrazole rings is 2. The summed E-state index contributed by atoms with van der Waals surface area (Å²) in [6.45, 7) is 0. The number of aromatic amines is 2. The summed E-state index contributed by atoms with van der Waals surface area (Å²) in [6.07, 6.45) is 0. The standard InChI is InChI=1S/2C8H8N4O2/c2*1-14-7-4-2-3-6(5-7)12-8(13)9-10-11-12/h2*2-5H,1H3,(H,9,11,13). The van der Waals surface area contributed by atoms with Crippen molar-refractivity contribution in [2.24, 2.45) is 0 Å². The molecule has 0 atom stereocenters. The number of methoxy groups -OCH3 is 2. The van der Waals surface area contributed by atoms with E-state index in [-0.39, 0.29) is 11.4 Å². The maximum absolute atomic E-state index is 11.2. The molecule has 0 spiro atoms. The summed E-state index contributed by atoms with van der Waals surface area (Å²) in [4.78, 5) is 22.3. The van der Waals surface area contributed by atoms with Crippen LogP contribution in [0.4, 0.5) is 0 Å². The molecule has 2 N–H and O–H groups in total. The number of rotatable bonds is 4. The average molecular weight is 384 g/mol. The predicted molar refractivity (Wildman–Crippen MR) is 97.1 cm³/mol. The van der Waals surface area contributed by atoms with Crippen molar-refractivity contribution >= 4 is 0 Å². The van der Waals surface area contributed by atoms with Crippen molar-refractivity contribution in [3.63, 3.8) is 0 Å². The van der Waals surface area contributed by atoms with E-state index in [2.05, 4.69) is 31.1 Å². The van der Waals surface area contributed by atoms with E-state index in [1.54, 1.807) is 62.8 Å². The van der Waals surface area contributed by atoms with Crippen LogP contribution in [-0.4, -0.2) is 54.6 Å². The topological polar surface area (TPSA) is 146 Å². The lowest BCUT2D eigenvalue weighted by molar-refractivity contribution is 0.414. The second kappa shape index (κ2) is 8.44. The molecule has 4 rings (SSSR count). The van der Waals surface area contributed by atoms with Gasteiger partial charge in [-0.1, -0.05) is 12.1 Å². The van der Waals surface area contributed by atoms with Crippen LogP contribution in [-0.2, 0) is 0 Å². The molecule has 0 unspecified atom stereocenters. The number of hydrogen-bond acceptors (Lipinski definition) is 8. The molecule has 144 valence electrons. The van der Waals surface area contributed by atoms with Crippen molar-refractivity contribution in [2.45, 2.75) is 0 Å². The summed E-state index contributed by atoms with van der Waals surface area (Å²) in [7, 11) is 3.12. The van der Waals surface area contributed by atoms with Gasteiger partial charge in [0.25, 0.3) is 0 Å². The molecule has 28 heavy (non-hydrogen) atoms. The van der Waals surface area contributed by atoms with Crippen LogP contribution in [0.15, 0.2) is 58.1 Å². The molecular weight excluding hydrogens is 368 g/mol. The Labute approximate surface area is 157 Å². The van der Waals surface area contributed by atoms with E-state index in [0.717, 1.165) is 9.36 Å². The Morgan fingerprint density at radius 3 is 1.50 bits per heavy atom. The molecule has 0 aliphatic heterocycles. The first-order valence-electron chi connectivity index (χ1n) is 7.92. The van der Waals surface area contributed by atoms with Gasteiger partial charge in [0.05, 0.1) is 25.6 Å². The molecular formula is C16H16N8O4. The number of benzene rings is 2. The minimum Gasteiger partial charge on any atom is -0.497 e. The lowest BCUT2D eigenvalue weighted by atomic mass is 10.3. The molecule has 0 aliphatic carbocycles. The molecule has 0 radical (unpaired) electrons. The van der Waals surface area contributed by atoms with E-state index in [1.165, 1.54) is 0 Å². The molecule has 12 nitrogen and oxygen atoms in total. The summed E-state index contributed by atoms with van der Waals surface area (Å²) >= 11 is 0. The first kappa shape index (κ1) is 18.6. The van der Waals surface area contributed by atoms with Crippen LogP contribution >= 0.6 is 0 Å². The highest BCUT2D eigenvalue weighted by molar-refractivity contribution is 5.38. The Morgan fingerprint density at radius 2 is 1.18 bits per heavy atom. The Kier molecular flexibility index (Phi) is 5.60. The molecule has 2 heterocycles. The van der Waals surface area contributed by atoms with Crippen LogP contribution in [0.25, 0.3) is 11.4 Å². The highest BCUT2D eigenvalue weighted by Gasteiger charge is 2.04. The van der Waals surface area contributed by atoms with Gasteiger partial charge in [0.15, 0.2) is 0 Å². The van der Waals surface area contributed by atoms with Gasteiger partial charge in [0, 0.05) is 12.1 Å². The lowest BCUT2D eigenvalue weighted by Crippen LogP contribution is -2.15.